The second kappa shape index (κ2) is 8.53. The molecule has 2 aromatic carbocycles. The molecule has 3 rings (SSSR count). The van der Waals surface area contributed by atoms with Gasteiger partial charge in [-0.3, -0.25) is 19.9 Å². The first-order valence-corrected chi connectivity index (χ1v) is 8.20. The van der Waals surface area contributed by atoms with Crippen molar-refractivity contribution in [3.63, 3.8) is 0 Å². The fourth-order valence-corrected chi connectivity index (χ4v) is 2.36. The van der Waals surface area contributed by atoms with Gasteiger partial charge in [-0.1, -0.05) is 30.3 Å². The number of pyridine rings is 1. The van der Waals surface area contributed by atoms with E-state index in [2.05, 4.69) is 4.98 Å². The van der Waals surface area contributed by atoms with Gasteiger partial charge in [0.1, 0.15) is 12.4 Å². The van der Waals surface area contributed by atoms with Gasteiger partial charge in [0.2, 0.25) is 0 Å². The van der Waals surface area contributed by atoms with Crippen LogP contribution in [0.1, 0.15) is 21.5 Å². The third-order valence-corrected chi connectivity index (χ3v) is 3.80. The van der Waals surface area contributed by atoms with Crippen LogP contribution in [-0.2, 0) is 6.61 Å². The predicted octanol–water partition coefficient (Wildman–Crippen LogP) is 4.46. The largest absolute Gasteiger partial charge is 0.489 e. The lowest BCUT2D eigenvalue weighted by atomic mass is 10.1. The van der Waals surface area contributed by atoms with Gasteiger partial charge in [0.25, 0.3) is 5.69 Å². The molecule has 0 radical (unpaired) electrons. The molecule has 0 atom stereocenters. The Morgan fingerprint density at radius 3 is 2.52 bits per heavy atom. The van der Waals surface area contributed by atoms with Crippen LogP contribution in [0, 0.1) is 10.1 Å². The molecule has 1 heterocycles. The first kappa shape index (κ1) is 18.0. The van der Waals surface area contributed by atoms with E-state index in [0.29, 0.717) is 12.4 Å². The summed E-state index contributed by atoms with van der Waals surface area (Å²) >= 11 is 0. The highest BCUT2D eigenvalue weighted by Gasteiger charge is 2.09. The van der Waals surface area contributed by atoms with Gasteiger partial charge < -0.3 is 4.74 Å². The van der Waals surface area contributed by atoms with E-state index in [4.69, 9.17) is 4.74 Å². The summed E-state index contributed by atoms with van der Waals surface area (Å²) in [7, 11) is 0. The number of nitro groups is 1. The molecule has 0 amide bonds. The fourth-order valence-electron chi connectivity index (χ4n) is 2.36. The molecule has 134 valence electrons. The molecule has 0 saturated carbocycles. The van der Waals surface area contributed by atoms with Gasteiger partial charge in [-0.2, -0.15) is 0 Å². The van der Waals surface area contributed by atoms with Crippen LogP contribution in [0.2, 0.25) is 0 Å². The Balaban J connectivity index is 1.61. The van der Waals surface area contributed by atoms with Crippen LogP contribution in [-0.4, -0.2) is 15.7 Å². The molecule has 0 saturated heterocycles. The van der Waals surface area contributed by atoms with Gasteiger partial charge in [0, 0.05) is 30.1 Å². The number of hydrogen-bond acceptors (Lipinski definition) is 5. The SMILES string of the molecule is O=C(/C=C/c1ccc(OCc2ccncc2)cc1)c1cccc([N+](=O)[O-])c1. The molecule has 0 spiro atoms. The van der Waals surface area contributed by atoms with Crippen molar-refractivity contribution in [3.05, 3.63) is 106 Å². The highest BCUT2D eigenvalue weighted by Crippen LogP contribution is 2.17. The molecule has 0 aliphatic heterocycles. The number of ketones is 1. The first-order valence-electron chi connectivity index (χ1n) is 8.20. The normalized spacial score (nSPS) is 10.7. The highest BCUT2D eigenvalue weighted by atomic mass is 16.6. The van der Waals surface area contributed by atoms with Crippen LogP contribution >= 0.6 is 0 Å². The standard InChI is InChI=1S/C21H16N2O4/c24-21(18-2-1-3-19(14-18)23(25)26)9-6-16-4-7-20(8-5-16)27-15-17-10-12-22-13-11-17/h1-14H,15H2/b9-6+. The minimum absolute atomic E-state index is 0.107. The van der Waals surface area contributed by atoms with Gasteiger partial charge in [0.05, 0.1) is 4.92 Å². The second-order valence-electron chi connectivity index (χ2n) is 5.72. The summed E-state index contributed by atoms with van der Waals surface area (Å²) in [6.45, 7) is 0.447. The molecule has 6 heteroatoms. The molecule has 0 fully saturated rings. The van der Waals surface area contributed by atoms with Crippen molar-refractivity contribution in [2.75, 3.05) is 0 Å². The van der Waals surface area contributed by atoms with Gasteiger partial charge >= 0.3 is 0 Å². The quantitative estimate of drug-likeness (QED) is 0.269. The van der Waals surface area contributed by atoms with Crippen molar-refractivity contribution in [2.45, 2.75) is 6.61 Å². The van der Waals surface area contributed by atoms with E-state index < -0.39 is 4.92 Å². The number of nitro benzene ring substituents is 1. The Bertz CT molecular complexity index is 967. The number of carbonyl (C=O) groups is 1. The van der Waals surface area contributed by atoms with E-state index in [1.165, 1.54) is 24.3 Å². The number of non-ortho nitro benzene ring substituents is 1. The van der Waals surface area contributed by atoms with E-state index in [1.54, 1.807) is 24.5 Å². The number of carbonyl (C=O) groups excluding carboxylic acids is 1. The fraction of sp³-hybridized carbons (Fsp3) is 0.0476. The molecule has 6 nitrogen and oxygen atoms in total. The van der Waals surface area contributed by atoms with Crippen molar-refractivity contribution in [3.8, 4) is 5.75 Å². The zero-order valence-electron chi connectivity index (χ0n) is 14.3. The molecule has 1 aromatic heterocycles. The van der Waals surface area contributed by atoms with Crippen molar-refractivity contribution < 1.29 is 14.5 Å². The summed E-state index contributed by atoms with van der Waals surface area (Å²) in [6.07, 6.45) is 6.48. The average Bonchev–Trinajstić information content (AvgIpc) is 2.72. The van der Waals surface area contributed by atoms with Crippen molar-refractivity contribution >= 4 is 17.5 Å². The lowest BCUT2D eigenvalue weighted by molar-refractivity contribution is -0.384. The predicted molar refractivity (Wildman–Crippen MR) is 101 cm³/mol. The molecular formula is C21H16N2O4. The average molecular weight is 360 g/mol. The Kier molecular flexibility index (Phi) is 5.69. The molecule has 0 unspecified atom stereocenters. The van der Waals surface area contributed by atoms with Gasteiger partial charge in [0.15, 0.2) is 5.78 Å². The number of allylic oxidation sites excluding steroid dienone is 1. The number of hydrogen-bond donors (Lipinski definition) is 0. The zero-order valence-corrected chi connectivity index (χ0v) is 14.3. The summed E-state index contributed by atoms with van der Waals surface area (Å²) in [6, 6.07) is 16.7. The molecule has 0 aliphatic carbocycles. The zero-order chi connectivity index (χ0) is 19.1. The van der Waals surface area contributed by atoms with Crippen LogP contribution in [0.15, 0.2) is 79.1 Å². The van der Waals surface area contributed by atoms with E-state index in [9.17, 15) is 14.9 Å². The summed E-state index contributed by atoms with van der Waals surface area (Å²) in [5.41, 5.74) is 2.02. The maximum Gasteiger partial charge on any atom is 0.270 e. The topological polar surface area (TPSA) is 82.3 Å². The van der Waals surface area contributed by atoms with Crippen LogP contribution in [0.3, 0.4) is 0 Å². The third kappa shape index (κ3) is 5.09. The molecule has 3 aromatic rings. The van der Waals surface area contributed by atoms with Crippen LogP contribution < -0.4 is 4.74 Å². The molecule has 0 bridgehead atoms. The smallest absolute Gasteiger partial charge is 0.270 e. The summed E-state index contributed by atoms with van der Waals surface area (Å²) in [4.78, 5) is 26.4. The Morgan fingerprint density at radius 2 is 1.81 bits per heavy atom. The summed E-state index contributed by atoms with van der Waals surface area (Å²) in [5.74, 6) is 0.422. The van der Waals surface area contributed by atoms with E-state index in [-0.39, 0.29) is 17.0 Å². The number of nitrogens with zero attached hydrogens (tertiary/aromatic N) is 2. The molecule has 27 heavy (non-hydrogen) atoms. The lowest BCUT2D eigenvalue weighted by Gasteiger charge is -2.06. The summed E-state index contributed by atoms with van der Waals surface area (Å²) < 4.78 is 5.69. The first-order chi connectivity index (χ1) is 13.1. The number of benzene rings is 2. The maximum absolute atomic E-state index is 12.2. The van der Waals surface area contributed by atoms with E-state index in [0.717, 1.165) is 11.1 Å². The summed E-state index contributed by atoms with van der Waals surface area (Å²) in [5, 5.41) is 10.8. The van der Waals surface area contributed by atoms with Crippen LogP contribution in [0.4, 0.5) is 5.69 Å². The lowest BCUT2D eigenvalue weighted by Crippen LogP contribution is -1.96. The van der Waals surface area contributed by atoms with E-state index in [1.807, 2.05) is 36.4 Å². The third-order valence-electron chi connectivity index (χ3n) is 3.80. The highest BCUT2D eigenvalue weighted by molar-refractivity contribution is 6.07. The van der Waals surface area contributed by atoms with E-state index >= 15 is 0 Å². The molecule has 0 aliphatic rings. The minimum Gasteiger partial charge on any atom is -0.489 e. The van der Waals surface area contributed by atoms with Crippen molar-refractivity contribution in [1.29, 1.82) is 0 Å². The van der Waals surface area contributed by atoms with Crippen LogP contribution in [0.25, 0.3) is 6.08 Å². The minimum atomic E-state index is -0.523. The number of rotatable bonds is 7. The van der Waals surface area contributed by atoms with Crippen LogP contribution in [0.5, 0.6) is 5.75 Å². The number of aromatic nitrogens is 1. The molecular weight excluding hydrogens is 344 g/mol. The monoisotopic (exact) mass is 360 g/mol. The van der Waals surface area contributed by atoms with Gasteiger partial charge in [-0.15, -0.1) is 0 Å². The van der Waals surface area contributed by atoms with Crippen molar-refractivity contribution in [1.82, 2.24) is 4.98 Å². The van der Waals surface area contributed by atoms with Crippen molar-refractivity contribution in [2.24, 2.45) is 0 Å². The van der Waals surface area contributed by atoms with Gasteiger partial charge in [-0.25, -0.2) is 0 Å². The second-order valence-corrected chi connectivity index (χ2v) is 5.72. The Labute approximate surface area is 155 Å². The molecule has 0 N–H and O–H groups in total. The van der Waals surface area contributed by atoms with Gasteiger partial charge in [-0.05, 0) is 41.5 Å². The Morgan fingerprint density at radius 1 is 1.07 bits per heavy atom. The Hall–Kier alpha value is -3.80. The maximum atomic E-state index is 12.2. The number of ether oxygens (including phenoxy) is 1.